The van der Waals surface area contributed by atoms with Crippen molar-refractivity contribution in [3.05, 3.63) is 35.9 Å². The van der Waals surface area contributed by atoms with E-state index in [0.29, 0.717) is 5.91 Å². The molecule has 1 saturated carbocycles. The summed E-state index contributed by atoms with van der Waals surface area (Å²) in [7, 11) is 0. The lowest BCUT2D eigenvalue weighted by Gasteiger charge is -2.45. The average molecular weight is 295 g/mol. The second kappa shape index (κ2) is 6.15. The Bertz CT molecular complexity index is 451. The van der Waals surface area contributed by atoms with Crippen LogP contribution in [-0.2, 0) is 10.2 Å². The van der Waals surface area contributed by atoms with Gasteiger partial charge in [0, 0.05) is 19.1 Å². The fourth-order valence-electron chi connectivity index (χ4n) is 3.32. The van der Waals surface area contributed by atoms with Crippen LogP contribution in [0.4, 0.5) is 0 Å². The molecular weight excluding hydrogens is 272 g/mol. The summed E-state index contributed by atoms with van der Waals surface area (Å²) in [6.07, 6.45) is 5.04. The first-order valence-electron chi connectivity index (χ1n) is 7.33. The van der Waals surface area contributed by atoms with Crippen molar-refractivity contribution in [1.29, 1.82) is 0 Å². The lowest BCUT2D eigenvalue weighted by molar-refractivity contribution is -0.142. The molecule has 1 aromatic rings. The predicted molar refractivity (Wildman–Crippen MR) is 83.0 cm³/mol. The zero-order valence-corrected chi connectivity index (χ0v) is 12.6. The maximum Gasteiger partial charge on any atom is 0.233 e. The number of nitrogens with two attached hydrogens (primary N) is 1. The first kappa shape index (κ1) is 15.3. The van der Waals surface area contributed by atoms with Crippen LogP contribution in [0.5, 0.6) is 0 Å². The fraction of sp³-hybridized carbons (Fsp3) is 0.562. The molecule has 0 unspecified atom stereocenters. The third-order valence-electron chi connectivity index (χ3n) is 4.77. The molecule has 1 amide bonds. The van der Waals surface area contributed by atoms with E-state index >= 15 is 0 Å². The molecule has 2 fully saturated rings. The van der Waals surface area contributed by atoms with Crippen LogP contribution in [0.1, 0.15) is 37.7 Å². The largest absolute Gasteiger partial charge is 0.342 e. The third kappa shape index (κ3) is 2.57. The molecule has 1 aliphatic heterocycles. The topological polar surface area (TPSA) is 46.3 Å². The molecule has 1 heterocycles. The minimum absolute atomic E-state index is 0. The van der Waals surface area contributed by atoms with Gasteiger partial charge in [0.2, 0.25) is 5.91 Å². The monoisotopic (exact) mass is 294 g/mol. The summed E-state index contributed by atoms with van der Waals surface area (Å²) >= 11 is 0. The first-order valence-corrected chi connectivity index (χ1v) is 7.33. The molecule has 0 bridgehead atoms. The summed E-state index contributed by atoms with van der Waals surface area (Å²) in [5.41, 5.74) is 6.89. The Hall–Kier alpha value is -1.06. The lowest BCUT2D eigenvalue weighted by Crippen LogP contribution is -2.54. The lowest BCUT2D eigenvalue weighted by atomic mass is 9.63. The van der Waals surface area contributed by atoms with E-state index in [1.807, 2.05) is 23.1 Å². The molecule has 4 heteroatoms. The van der Waals surface area contributed by atoms with Crippen LogP contribution in [0, 0.1) is 0 Å². The van der Waals surface area contributed by atoms with Gasteiger partial charge in [-0.05, 0) is 31.2 Å². The molecule has 1 aliphatic carbocycles. The Kier molecular flexibility index (Phi) is 4.71. The summed E-state index contributed by atoms with van der Waals surface area (Å²) in [5, 5.41) is 0. The Balaban J connectivity index is 0.00000147. The number of hydrogen-bond donors (Lipinski definition) is 1. The number of amides is 1. The zero-order valence-electron chi connectivity index (χ0n) is 11.8. The number of piperidine rings is 1. The quantitative estimate of drug-likeness (QED) is 0.911. The van der Waals surface area contributed by atoms with Crippen molar-refractivity contribution in [1.82, 2.24) is 4.90 Å². The van der Waals surface area contributed by atoms with Crippen molar-refractivity contribution >= 4 is 18.3 Å². The highest BCUT2D eigenvalue weighted by atomic mass is 35.5. The molecule has 0 spiro atoms. The fourth-order valence-corrected chi connectivity index (χ4v) is 3.32. The molecule has 110 valence electrons. The number of halogens is 1. The molecule has 3 rings (SSSR count). The van der Waals surface area contributed by atoms with Crippen molar-refractivity contribution in [2.45, 2.75) is 43.6 Å². The number of likely N-dealkylation sites (tertiary alicyclic amines) is 1. The molecule has 1 saturated heterocycles. The molecular formula is C16H23ClN2O. The number of carbonyl (C=O) groups excluding carboxylic acids is 1. The molecule has 2 N–H and O–H groups in total. The zero-order chi connectivity index (χ0) is 13.3. The van der Waals surface area contributed by atoms with Crippen LogP contribution >= 0.6 is 12.4 Å². The van der Waals surface area contributed by atoms with E-state index in [1.165, 1.54) is 5.56 Å². The van der Waals surface area contributed by atoms with Crippen molar-refractivity contribution < 1.29 is 4.79 Å². The molecule has 0 radical (unpaired) electrons. The van der Waals surface area contributed by atoms with Crippen LogP contribution in [0.25, 0.3) is 0 Å². The Morgan fingerprint density at radius 2 is 1.75 bits per heavy atom. The average Bonchev–Trinajstić information content (AvgIpc) is 2.39. The standard InChI is InChI=1S/C16H22N2O.ClH/c17-14-7-11-18(12-8-14)15(19)16(9-4-10-16)13-5-2-1-3-6-13;/h1-3,5-6,14H,4,7-12,17H2;1H. The number of rotatable bonds is 2. The van der Waals surface area contributed by atoms with Gasteiger partial charge in [0.15, 0.2) is 0 Å². The van der Waals surface area contributed by atoms with Crippen molar-refractivity contribution in [3.8, 4) is 0 Å². The third-order valence-corrected chi connectivity index (χ3v) is 4.77. The van der Waals surface area contributed by atoms with Crippen LogP contribution in [-0.4, -0.2) is 29.9 Å². The van der Waals surface area contributed by atoms with Crippen molar-refractivity contribution in [2.24, 2.45) is 5.73 Å². The van der Waals surface area contributed by atoms with Gasteiger partial charge in [-0.15, -0.1) is 12.4 Å². The molecule has 2 aliphatic rings. The van der Waals surface area contributed by atoms with E-state index in [-0.39, 0.29) is 23.9 Å². The summed E-state index contributed by atoms with van der Waals surface area (Å²) in [5.74, 6) is 0.330. The smallest absolute Gasteiger partial charge is 0.233 e. The van der Waals surface area contributed by atoms with Gasteiger partial charge in [0.1, 0.15) is 0 Å². The number of hydrogen-bond acceptors (Lipinski definition) is 2. The maximum atomic E-state index is 12.9. The van der Waals surface area contributed by atoms with Gasteiger partial charge in [0.25, 0.3) is 0 Å². The highest BCUT2D eigenvalue weighted by molar-refractivity contribution is 5.89. The van der Waals surface area contributed by atoms with Gasteiger partial charge in [-0.1, -0.05) is 36.8 Å². The highest BCUT2D eigenvalue weighted by Gasteiger charge is 2.47. The summed E-state index contributed by atoms with van der Waals surface area (Å²) in [4.78, 5) is 14.9. The number of benzene rings is 1. The second-order valence-corrected chi connectivity index (χ2v) is 5.93. The SMILES string of the molecule is Cl.NC1CCN(C(=O)C2(c3ccccc3)CCC2)CC1. The van der Waals surface area contributed by atoms with Crippen LogP contribution in [0.3, 0.4) is 0 Å². The minimum atomic E-state index is -0.233. The van der Waals surface area contributed by atoms with Gasteiger partial charge >= 0.3 is 0 Å². The Morgan fingerprint density at radius 3 is 2.25 bits per heavy atom. The van der Waals surface area contributed by atoms with Gasteiger partial charge < -0.3 is 10.6 Å². The van der Waals surface area contributed by atoms with E-state index in [1.54, 1.807) is 0 Å². The first-order chi connectivity index (χ1) is 9.22. The molecule has 20 heavy (non-hydrogen) atoms. The normalized spacial score (nSPS) is 21.8. The highest BCUT2D eigenvalue weighted by Crippen LogP contribution is 2.45. The van der Waals surface area contributed by atoms with Gasteiger partial charge in [-0.2, -0.15) is 0 Å². The number of nitrogens with zero attached hydrogens (tertiary/aromatic N) is 1. The van der Waals surface area contributed by atoms with Crippen molar-refractivity contribution in [3.63, 3.8) is 0 Å². The van der Waals surface area contributed by atoms with Crippen LogP contribution < -0.4 is 5.73 Å². The Labute approximate surface area is 126 Å². The summed E-state index contributed by atoms with van der Waals surface area (Å²) in [6, 6.07) is 10.6. The van der Waals surface area contributed by atoms with E-state index < -0.39 is 0 Å². The summed E-state index contributed by atoms with van der Waals surface area (Å²) in [6.45, 7) is 1.66. The molecule has 1 aromatic carbocycles. The predicted octanol–water partition coefficient (Wildman–Crippen LogP) is 2.48. The summed E-state index contributed by atoms with van der Waals surface area (Å²) < 4.78 is 0. The van der Waals surface area contributed by atoms with Gasteiger partial charge in [-0.3, -0.25) is 4.79 Å². The minimum Gasteiger partial charge on any atom is -0.342 e. The maximum absolute atomic E-state index is 12.9. The van der Waals surface area contributed by atoms with E-state index in [9.17, 15) is 4.79 Å². The van der Waals surface area contributed by atoms with E-state index in [4.69, 9.17) is 5.73 Å². The van der Waals surface area contributed by atoms with Gasteiger partial charge in [-0.25, -0.2) is 0 Å². The van der Waals surface area contributed by atoms with E-state index in [2.05, 4.69) is 12.1 Å². The molecule has 0 atom stereocenters. The van der Waals surface area contributed by atoms with E-state index in [0.717, 1.165) is 45.2 Å². The van der Waals surface area contributed by atoms with Crippen molar-refractivity contribution in [2.75, 3.05) is 13.1 Å². The van der Waals surface area contributed by atoms with Crippen LogP contribution in [0.2, 0.25) is 0 Å². The van der Waals surface area contributed by atoms with Gasteiger partial charge in [0.05, 0.1) is 5.41 Å². The Morgan fingerprint density at radius 1 is 1.15 bits per heavy atom. The second-order valence-electron chi connectivity index (χ2n) is 5.93. The van der Waals surface area contributed by atoms with Crippen LogP contribution in [0.15, 0.2) is 30.3 Å². The molecule has 3 nitrogen and oxygen atoms in total. The molecule has 0 aromatic heterocycles. The number of carbonyl (C=O) groups is 1.